The highest BCUT2D eigenvalue weighted by Gasteiger charge is 2.22. The molecule has 0 aliphatic carbocycles. The summed E-state index contributed by atoms with van der Waals surface area (Å²) in [5.74, 6) is 0.646. The molecule has 146 valence electrons. The average molecular weight is 367 g/mol. The first kappa shape index (κ1) is 21.6. The van der Waals surface area contributed by atoms with E-state index >= 15 is 0 Å². The Labute approximate surface area is 155 Å². The molecule has 0 aromatic heterocycles. The molecule has 0 bridgehead atoms. The van der Waals surface area contributed by atoms with E-state index in [1.807, 2.05) is 27.7 Å². The van der Waals surface area contributed by atoms with Crippen molar-refractivity contribution in [3.8, 4) is 17.2 Å². The molecule has 1 amide bonds. The van der Waals surface area contributed by atoms with Crippen molar-refractivity contribution in [2.24, 2.45) is 0 Å². The topological polar surface area (TPSA) is 74.3 Å². The van der Waals surface area contributed by atoms with Crippen LogP contribution in [-0.2, 0) is 20.7 Å². The van der Waals surface area contributed by atoms with Crippen LogP contribution in [0.4, 0.5) is 0 Å². The SMILES string of the molecule is COc1cc(CC(=O)OCC(=O)N(C(C)C)C(C)C)cc(OC)c1OC. The molecule has 0 saturated carbocycles. The highest BCUT2D eigenvalue weighted by atomic mass is 16.5. The minimum absolute atomic E-state index is 0.00660. The Balaban J connectivity index is 2.78. The van der Waals surface area contributed by atoms with Crippen LogP contribution in [-0.4, -0.2) is 56.8 Å². The van der Waals surface area contributed by atoms with Gasteiger partial charge in [-0.1, -0.05) is 0 Å². The predicted molar refractivity (Wildman–Crippen MR) is 97.9 cm³/mol. The van der Waals surface area contributed by atoms with Gasteiger partial charge < -0.3 is 23.8 Å². The van der Waals surface area contributed by atoms with Crippen LogP contribution in [0.1, 0.15) is 33.3 Å². The minimum Gasteiger partial charge on any atom is -0.493 e. The van der Waals surface area contributed by atoms with Gasteiger partial charge in [0.15, 0.2) is 18.1 Å². The fourth-order valence-electron chi connectivity index (χ4n) is 2.84. The van der Waals surface area contributed by atoms with E-state index in [1.54, 1.807) is 17.0 Å². The quantitative estimate of drug-likeness (QED) is 0.624. The van der Waals surface area contributed by atoms with Crippen molar-refractivity contribution in [3.05, 3.63) is 17.7 Å². The zero-order valence-corrected chi connectivity index (χ0v) is 16.6. The number of ether oxygens (including phenoxy) is 4. The molecule has 0 fully saturated rings. The van der Waals surface area contributed by atoms with Crippen molar-refractivity contribution in [2.45, 2.75) is 46.2 Å². The number of nitrogens with zero attached hydrogens (tertiary/aromatic N) is 1. The van der Waals surface area contributed by atoms with Crippen LogP contribution >= 0.6 is 0 Å². The maximum atomic E-state index is 12.3. The largest absolute Gasteiger partial charge is 0.493 e. The molecule has 0 unspecified atom stereocenters. The Morgan fingerprint density at radius 2 is 1.42 bits per heavy atom. The van der Waals surface area contributed by atoms with Gasteiger partial charge in [0.1, 0.15) is 0 Å². The number of carbonyl (C=O) groups excluding carboxylic acids is 2. The number of rotatable bonds is 9. The van der Waals surface area contributed by atoms with Crippen LogP contribution in [0, 0.1) is 0 Å². The number of methoxy groups -OCH3 is 3. The highest BCUT2D eigenvalue weighted by molar-refractivity contribution is 5.82. The van der Waals surface area contributed by atoms with Gasteiger partial charge in [0.25, 0.3) is 5.91 Å². The first-order valence-corrected chi connectivity index (χ1v) is 8.50. The van der Waals surface area contributed by atoms with Gasteiger partial charge in [-0.05, 0) is 45.4 Å². The molecular formula is C19H29NO6. The third kappa shape index (κ3) is 5.54. The Morgan fingerprint density at radius 1 is 0.923 bits per heavy atom. The smallest absolute Gasteiger partial charge is 0.310 e. The molecule has 0 saturated heterocycles. The van der Waals surface area contributed by atoms with Gasteiger partial charge in [0, 0.05) is 12.1 Å². The molecule has 0 spiro atoms. The fraction of sp³-hybridized carbons (Fsp3) is 0.579. The van der Waals surface area contributed by atoms with Crippen LogP contribution < -0.4 is 14.2 Å². The Morgan fingerprint density at radius 3 is 1.81 bits per heavy atom. The van der Waals surface area contributed by atoms with E-state index in [0.717, 1.165) is 0 Å². The maximum absolute atomic E-state index is 12.3. The van der Waals surface area contributed by atoms with Gasteiger partial charge in [-0.15, -0.1) is 0 Å². The Bertz CT molecular complexity index is 593. The molecular weight excluding hydrogens is 338 g/mol. The molecule has 0 N–H and O–H groups in total. The molecule has 0 atom stereocenters. The monoisotopic (exact) mass is 367 g/mol. The number of hydrogen-bond acceptors (Lipinski definition) is 6. The third-order valence-electron chi connectivity index (χ3n) is 3.83. The molecule has 26 heavy (non-hydrogen) atoms. The minimum atomic E-state index is -0.500. The summed E-state index contributed by atoms with van der Waals surface area (Å²) in [6, 6.07) is 3.44. The first-order valence-electron chi connectivity index (χ1n) is 8.50. The second-order valence-electron chi connectivity index (χ2n) is 6.36. The lowest BCUT2D eigenvalue weighted by Gasteiger charge is -2.30. The van der Waals surface area contributed by atoms with Gasteiger partial charge in [0.05, 0.1) is 27.8 Å². The summed E-state index contributed by atoms with van der Waals surface area (Å²) in [6.45, 7) is 7.43. The second-order valence-corrected chi connectivity index (χ2v) is 6.36. The van der Waals surface area contributed by atoms with Crippen molar-refractivity contribution in [2.75, 3.05) is 27.9 Å². The lowest BCUT2D eigenvalue weighted by Crippen LogP contribution is -2.44. The van der Waals surface area contributed by atoms with Crippen molar-refractivity contribution in [1.29, 1.82) is 0 Å². The predicted octanol–water partition coefficient (Wildman–Crippen LogP) is 2.44. The molecule has 1 aromatic rings. The summed E-state index contributed by atoms with van der Waals surface area (Å²) in [7, 11) is 4.52. The summed E-state index contributed by atoms with van der Waals surface area (Å²) >= 11 is 0. The van der Waals surface area contributed by atoms with Crippen LogP contribution in [0.2, 0.25) is 0 Å². The number of benzene rings is 1. The standard InChI is InChI=1S/C19H29NO6/c1-12(2)20(13(3)4)17(21)11-26-18(22)10-14-8-15(23-5)19(25-7)16(9-14)24-6/h8-9,12-13H,10-11H2,1-7H3. The lowest BCUT2D eigenvalue weighted by atomic mass is 10.1. The highest BCUT2D eigenvalue weighted by Crippen LogP contribution is 2.38. The summed E-state index contributed by atoms with van der Waals surface area (Å²) in [5, 5.41) is 0. The second kappa shape index (κ2) is 9.89. The summed E-state index contributed by atoms with van der Waals surface area (Å²) in [4.78, 5) is 26.1. The van der Waals surface area contributed by atoms with Crippen LogP contribution in [0.15, 0.2) is 12.1 Å². The van der Waals surface area contributed by atoms with Gasteiger partial charge in [-0.2, -0.15) is 0 Å². The molecule has 0 aliphatic heterocycles. The molecule has 0 radical (unpaired) electrons. The van der Waals surface area contributed by atoms with Gasteiger partial charge in [-0.3, -0.25) is 9.59 Å². The van der Waals surface area contributed by atoms with Crippen LogP contribution in [0.25, 0.3) is 0 Å². The number of carbonyl (C=O) groups is 2. The fourth-order valence-corrected chi connectivity index (χ4v) is 2.84. The molecule has 7 nitrogen and oxygen atoms in total. The molecule has 1 aromatic carbocycles. The number of amides is 1. The van der Waals surface area contributed by atoms with Crippen molar-refractivity contribution >= 4 is 11.9 Å². The molecule has 1 rings (SSSR count). The van der Waals surface area contributed by atoms with Gasteiger partial charge >= 0.3 is 5.97 Å². The summed E-state index contributed by atoms with van der Waals surface area (Å²) in [5.41, 5.74) is 0.640. The number of esters is 1. The molecule has 0 heterocycles. The Hall–Kier alpha value is -2.44. The van der Waals surface area contributed by atoms with Crippen LogP contribution in [0.5, 0.6) is 17.2 Å². The van der Waals surface area contributed by atoms with E-state index in [-0.39, 0.29) is 31.0 Å². The Kier molecular flexibility index (Phi) is 8.22. The van der Waals surface area contributed by atoms with E-state index in [1.165, 1.54) is 21.3 Å². The van der Waals surface area contributed by atoms with Gasteiger partial charge in [-0.25, -0.2) is 0 Å². The normalized spacial score (nSPS) is 10.7. The van der Waals surface area contributed by atoms with Gasteiger partial charge in [0.2, 0.25) is 5.75 Å². The zero-order chi connectivity index (χ0) is 19.9. The third-order valence-corrected chi connectivity index (χ3v) is 3.83. The molecule has 0 aliphatic rings. The van der Waals surface area contributed by atoms with E-state index in [2.05, 4.69) is 0 Å². The van der Waals surface area contributed by atoms with Crippen molar-refractivity contribution in [1.82, 2.24) is 4.90 Å². The van der Waals surface area contributed by atoms with Crippen molar-refractivity contribution < 1.29 is 28.5 Å². The van der Waals surface area contributed by atoms with E-state index in [9.17, 15) is 9.59 Å². The average Bonchev–Trinajstić information content (AvgIpc) is 2.58. The maximum Gasteiger partial charge on any atom is 0.310 e. The van der Waals surface area contributed by atoms with E-state index in [4.69, 9.17) is 18.9 Å². The summed E-state index contributed by atoms with van der Waals surface area (Å²) < 4.78 is 20.9. The molecule has 7 heteroatoms. The van der Waals surface area contributed by atoms with Crippen LogP contribution in [0.3, 0.4) is 0 Å². The van der Waals surface area contributed by atoms with E-state index in [0.29, 0.717) is 22.8 Å². The van der Waals surface area contributed by atoms with E-state index < -0.39 is 5.97 Å². The number of hydrogen-bond donors (Lipinski definition) is 0. The first-order chi connectivity index (χ1) is 12.2. The zero-order valence-electron chi connectivity index (χ0n) is 16.6. The summed E-state index contributed by atoms with van der Waals surface area (Å²) in [6.07, 6.45) is -0.00660. The lowest BCUT2D eigenvalue weighted by molar-refractivity contribution is -0.153. The van der Waals surface area contributed by atoms with Crippen molar-refractivity contribution in [3.63, 3.8) is 0 Å².